The predicted molar refractivity (Wildman–Crippen MR) is 82.6 cm³/mol. The predicted octanol–water partition coefficient (Wildman–Crippen LogP) is 0.286. The van der Waals surface area contributed by atoms with E-state index in [-0.39, 0.29) is 29.6 Å². The van der Waals surface area contributed by atoms with Crippen LogP contribution in [0.25, 0.3) is 0 Å². The highest BCUT2D eigenvalue weighted by molar-refractivity contribution is 7.89. The number of carbonyl (C=O) groups excluding carboxylic acids is 1. The first-order valence-electron chi connectivity index (χ1n) is 6.95. The van der Waals surface area contributed by atoms with Gasteiger partial charge in [-0.3, -0.25) is 5.10 Å². The Bertz CT molecular complexity index is 584. The highest BCUT2D eigenvalue weighted by atomic mass is 35.5. The van der Waals surface area contributed by atoms with Gasteiger partial charge in [-0.1, -0.05) is 0 Å². The van der Waals surface area contributed by atoms with Crippen LogP contribution in [0, 0.1) is 5.92 Å². The molecule has 0 aliphatic carbocycles. The van der Waals surface area contributed by atoms with Crippen molar-refractivity contribution in [3.8, 4) is 0 Å². The Labute approximate surface area is 135 Å². The van der Waals surface area contributed by atoms with Crippen molar-refractivity contribution < 1.29 is 17.9 Å². The number of esters is 1. The molecule has 0 spiro atoms. The maximum Gasteiger partial charge on any atom is 0.342 e. The molecule has 0 bridgehead atoms. The molecule has 1 aliphatic heterocycles. The van der Waals surface area contributed by atoms with Gasteiger partial charge in [0.25, 0.3) is 10.0 Å². The molecule has 3 N–H and O–H groups in total. The van der Waals surface area contributed by atoms with Gasteiger partial charge in [-0.15, -0.1) is 12.4 Å². The van der Waals surface area contributed by atoms with Crippen molar-refractivity contribution in [1.29, 1.82) is 0 Å². The SMILES string of the molecule is CCOC(=O)c1cn[nH]c1S(=O)(=O)NCCC1CCNC1.Cl. The minimum Gasteiger partial charge on any atom is -0.462 e. The molecule has 1 aromatic rings. The third kappa shape index (κ3) is 4.67. The van der Waals surface area contributed by atoms with E-state index in [0.717, 1.165) is 32.1 Å². The van der Waals surface area contributed by atoms with Crippen molar-refractivity contribution in [2.24, 2.45) is 5.92 Å². The fourth-order valence-corrected chi connectivity index (χ4v) is 3.39. The number of hydrogen-bond acceptors (Lipinski definition) is 6. The highest BCUT2D eigenvalue weighted by Crippen LogP contribution is 2.15. The molecule has 126 valence electrons. The van der Waals surface area contributed by atoms with E-state index in [9.17, 15) is 13.2 Å². The third-order valence-electron chi connectivity index (χ3n) is 3.38. The zero-order chi connectivity index (χ0) is 15.3. The molecule has 10 heteroatoms. The summed E-state index contributed by atoms with van der Waals surface area (Å²) in [5, 5.41) is 8.96. The summed E-state index contributed by atoms with van der Waals surface area (Å²) in [6.07, 6.45) is 2.97. The van der Waals surface area contributed by atoms with Crippen molar-refractivity contribution in [2.75, 3.05) is 26.2 Å². The zero-order valence-electron chi connectivity index (χ0n) is 12.3. The lowest BCUT2D eigenvalue weighted by Gasteiger charge is -2.10. The van der Waals surface area contributed by atoms with Gasteiger partial charge in [0.2, 0.25) is 0 Å². The van der Waals surface area contributed by atoms with Crippen LogP contribution in [0.2, 0.25) is 0 Å². The molecule has 0 saturated carbocycles. The molecule has 0 amide bonds. The van der Waals surface area contributed by atoms with E-state index in [1.165, 1.54) is 0 Å². The molecule has 1 aliphatic rings. The lowest BCUT2D eigenvalue weighted by molar-refractivity contribution is 0.0522. The number of H-pyrrole nitrogens is 1. The number of aromatic nitrogens is 2. The van der Waals surface area contributed by atoms with E-state index in [1.807, 2.05) is 0 Å². The number of nitrogens with one attached hydrogen (secondary N) is 3. The third-order valence-corrected chi connectivity index (χ3v) is 4.81. The highest BCUT2D eigenvalue weighted by Gasteiger charge is 2.26. The molecule has 0 radical (unpaired) electrons. The van der Waals surface area contributed by atoms with Crippen molar-refractivity contribution in [2.45, 2.75) is 24.8 Å². The van der Waals surface area contributed by atoms with Crippen LogP contribution in [0.4, 0.5) is 0 Å². The molecule has 1 atom stereocenters. The van der Waals surface area contributed by atoms with E-state index < -0.39 is 16.0 Å². The van der Waals surface area contributed by atoms with Gasteiger partial charge in [-0.2, -0.15) is 5.10 Å². The summed E-state index contributed by atoms with van der Waals surface area (Å²) >= 11 is 0. The summed E-state index contributed by atoms with van der Waals surface area (Å²) in [4.78, 5) is 11.7. The van der Waals surface area contributed by atoms with E-state index in [0.29, 0.717) is 12.5 Å². The largest absolute Gasteiger partial charge is 0.462 e. The van der Waals surface area contributed by atoms with Crippen LogP contribution in [0.1, 0.15) is 30.1 Å². The summed E-state index contributed by atoms with van der Waals surface area (Å²) in [7, 11) is -3.79. The fourth-order valence-electron chi connectivity index (χ4n) is 2.26. The van der Waals surface area contributed by atoms with Crippen LogP contribution < -0.4 is 10.0 Å². The van der Waals surface area contributed by atoms with Crippen LogP contribution in [0.5, 0.6) is 0 Å². The number of nitrogens with zero attached hydrogens (tertiary/aromatic N) is 1. The maximum absolute atomic E-state index is 12.2. The molecule has 1 saturated heterocycles. The van der Waals surface area contributed by atoms with Gasteiger partial charge in [0.1, 0.15) is 5.56 Å². The van der Waals surface area contributed by atoms with Gasteiger partial charge in [0.05, 0.1) is 12.8 Å². The molecule has 0 aromatic carbocycles. The first-order valence-corrected chi connectivity index (χ1v) is 8.43. The number of ether oxygens (including phenoxy) is 1. The average molecular weight is 353 g/mol. The van der Waals surface area contributed by atoms with E-state index in [4.69, 9.17) is 4.74 Å². The Morgan fingerprint density at radius 2 is 2.32 bits per heavy atom. The van der Waals surface area contributed by atoms with Crippen molar-refractivity contribution in [3.63, 3.8) is 0 Å². The summed E-state index contributed by atoms with van der Waals surface area (Å²) in [5.41, 5.74) is -0.0770. The van der Waals surface area contributed by atoms with Crippen molar-refractivity contribution >= 4 is 28.4 Å². The maximum atomic E-state index is 12.2. The standard InChI is InChI=1S/C12H20N4O4S.ClH/c1-2-20-12(17)10-8-14-16-11(10)21(18,19)15-6-4-9-3-5-13-7-9;/h8-9,13,15H,2-7H2,1H3,(H,14,16);1H. The quantitative estimate of drug-likeness (QED) is 0.608. The van der Waals surface area contributed by atoms with Crippen LogP contribution in [0.15, 0.2) is 11.2 Å². The summed E-state index contributed by atoms with van der Waals surface area (Å²) in [6.45, 7) is 4.05. The second kappa shape index (κ2) is 8.47. The van der Waals surface area contributed by atoms with Gasteiger partial charge < -0.3 is 10.1 Å². The minimum absolute atomic E-state index is 0. The Morgan fingerprint density at radius 3 is 2.95 bits per heavy atom. The first-order chi connectivity index (χ1) is 10.0. The molecule has 8 nitrogen and oxygen atoms in total. The summed E-state index contributed by atoms with van der Waals surface area (Å²) in [5.74, 6) is -0.217. The number of hydrogen-bond donors (Lipinski definition) is 3. The van der Waals surface area contributed by atoms with Crippen LogP contribution in [-0.2, 0) is 14.8 Å². The smallest absolute Gasteiger partial charge is 0.342 e. The van der Waals surface area contributed by atoms with Gasteiger partial charge in [0, 0.05) is 6.54 Å². The fraction of sp³-hybridized carbons (Fsp3) is 0.667. The number of rotatable bonds is 7. The minimum atomic E-state index is -3.79. The number of aromatic amines is 1. The molecule has 2 rings (SSSR count). The lowest BCUT2D eigenvalue weighted by Crippen LogP contribution is -2.28. The number of halogens is 1. The number of sulfonamides is 1. The second-order valence-corrected chi connectivity index (χ2v) is 6.58. The van der Waals surface area contributed by atoms with E-state index >= 15 is 0 Å². The van der Waals surface area contributed by atoms with Crippen molar-refractivity contribution in [3.05, 3.63) is 11.8 Å². The Hall–Kier alpha value is -1.16. The Balaban J connectivity index is 0.00000242. The molecular weight excluding hydrogens is 332 g/mol. The molecule has 1 aromatic heterocycles. The van der Waals surface area contributed by atoms with Crippen LogP contribution in [0.3, 0.4) is 0 Å². The van der Waals surface area contributed by atoms with Crippen LogP contribution >= 0.6 is 12.4 Å². The molecule has 2 heterocycles. The van der Waals surface area contributed by atoms with Gasteiger partial charge in [-0.05, 0) is 38.8 Å². The molecule has 1 unspecified atom stereocenters. The monoisotopic (exact) mass is 352 g/mol. The van der Waals surface area contributed by atoms with Gasteiger partial charge in [0.15, 0.2) is 5.03 Å². The van der Waals surface area contributed by atoms with Gasteiger partial charge in [-0.25, -0.2) is 17.9 Å². The topological polar surface area (TPSA) is 113 Å². The normalized spacial score (nSPS) is 18.0. The second-order valence-electron chi connectivity index (χ2n) is 4.88. The zero-order valence-corrected chi connectivity index (χ0v) is 13.9. The van der Waals surface area contributed by atoms with Crippen LogP contribution in [-0.4, -0.2) is 50.8 Å². The van der Waals surface area contributed by atoms with Gasteiger partial charge >= 0.3 is 5.97 Å². The summed E-state index contributed by atoms with van der Waals surface area (Å²) < 4.78 is 31.7. The Kier molecular flexibility index (Phi) is 7.27. The van der Waals surface area contributed by atoms with Crippen molar-refractivity contribution in [1.82, 2.24) is 20.2 Å². The molecule has 1 fully saturated rings. The average Bonchev–Trinajstić information content (AvgIpc) is 3.10. The van der Waals surface area contributed by atoms with E-state index in [2.05, 4.69) is 20.2 Å². The number of carbonyl (C=O) groups is 1. The summed E-state index contributed by atoms with van der Waals surface area (Å²) in [6, 6.07) is 0. The lowest BCUT2D eigenvalue weighted by atomic mass is 10.1. The van der Waals surface area contributed by atoms with E-state index in [1.54, 1.807) is 6.92 Å². The first kappa shape index (κ1) is 18.9. The Morgan fingerprint density at radius 1 is 1.55 bits per heavy atom. The molecular formula is C12H21ClN4O4S. The molecule has 22 heavy (non-hydrogen) atoms.